The molecule has 2 aromatic rings. The fourth-order valence-corrected chi connectivity index (χ4v) is 4.78. The van der Waals surface area contributed by atoms with E-state index in [1.54, 1.807) is 0 Å². The Bertz CT molecular complexity index is 983. The summed E-state index contributed by atoms with van der Waals surface area (Å²) in [5.74, 6) is 1.45. The average molecular weight is 457 g/mol. The molecule has 1 atom stereocenters. The largest absolute Gasteiger partial charge is 0.447 e. The summed E-state index contributed by atoms with van der Waals surface area (Å²) < 4.78 is 11.3. The van der Waals surface area contributed by atoms with Crippen LogP contribution in [0.4, 0.5) is 4.79 Å². The van der Waals surface area contributed by atoms with Crippen molar-refractivity contribution in [3.05, 3.63) is 46.2 Å². The average Bonchev–Trinajstić information content (AvgIpc) is 3.16. The summed E-state index contributed by atoms with van der Waals surface area (Å²) in [4.78, 5) is 16.6. The Morgan fingerprint density at radius 3 is 2.61 bits per heavy atom. The van der Waals surface area contributed by atoms with Gasteiger partial charge in [-0.2, -0.15) is 0 Å². The number of rotatable bonds is 6. The predicted molar refractivity (Wildman–Crippen MR) is 124 cm³/mol. The number of aliphatic hydroxyl groups is 1. The second-order valence-corrected chi connectivity index (χ2v) is 9.95. The normalized spacial score (nSPS) is 23.6. The van der Waals surface area contributed by atoms with Crippen molar-refractivity contribution in [3.63, 3.8) is 0 Å². The molecule has 2 aliphatic rings. The molecule has 8 nitrogen and oxygen atoms in total. The molecule has 2 fully saturated rings. The van der Waals surface area contributed by atoms with E-state index in [9.17, 15) is 9.90 Å². The fraction of sp³-hybridized carbons (Fsp3) is 0.640. The zero-order valence-corrected chi connectivity index (χ0v) is 20.4. The van der Waals surface area contributed by atoms with E-state index in [1.165, 1.54) is 22.3 Å². The van der Waals surface area contributed by atoms with Crippen molar-refractivity contribution in [2.45, 2.75) is 84.6 Å². The molecule has 1 aromatic carbocycles. The summed E-state index contributed by atoms with van der Waals surface area (Å²) in [6.07, 6.45) is 1.45. The lowest BCUT2D eigenvalue weighted by atomic mass is 9.82. The van der Waals surface area contributed by atoms with Crippen molar-refractivity contribution in [3.8, 4) is 0 Å². The molecule has 2 heterocycles. The van der Waals surface area contributed by atoms with Crippen molar-refractivity contribution in [2.75, 3.05) is 19.6 Å². The number of aliphatic hydroxyl groups excluding tert-OH is 1. The van der Waals surface area contributed by atoms with E-state index in [-0.39, 0.29) is 30.3 Å². The first-order valence-corrected chi connectivity index (χ1v) is 12.0. The Balaban J connectivity index is 1.41. The van der Waals surface area contributed by atoms with Crippen LogP contribution in [0.3, 0.4) is 0 Å². The molecule has 8 heteroatoms. The highest BCUT2D eigenvalue weighted by Gasteiger charge is 2.33. The number of benzene rings is 1. The van der Waals surface area contributed by atoms with Crippen molar-refractivity contribution >= 4 is 6.09 Å². The van der Waals surface area contributed by atoms with E-state index in [2.05, 4.69) is 48.0 Å². The molecule has 0 unspecified atom stereocenters. The van der Waals surface area contributed by atoms with Crippen LogP contribution in [0.5, 0.6) is 0 Å². The Morgan fingerprint density at radius 2 is 1.94 bits per heavy atom. The molecule has 180 valence electrons. The molecule has 1 saturated carbocycles. The lowest BCUT2D eigenvalue weighted by Gasteiger charge is -2.39. The van der Waals surface area contributed by atoms with Crippen molar-refractivity contribution in [1.29, 1.82) is 0 Å². The minimum Gasteiger partial charge on any atom is -0.447 e. The summed E-state index contributed by atoms with van der Waals surface area (Å²) in [7, 11) is 0. The Kier molecular flexibility index (Phi) is 7.05. The van der Waals surface area contributed by atoms with Gasteiger partial charge in [0.05, 0.1) is 18.6 Å². The smallest absolute Gasteiger partial charge is 0.410 e. The zero-order chi connectivity index (χ0) is 23.7. The number of hydrogen-bond acceptors (Lipinski definition) is 7. The maximum atomic E-state index is 12.3. The first-order valence-electron chi connectivity index (χ1n) is 12.0. The van der Waals surface area contributed by atoms with Crippen molar-refractivity contribution in [2.24, 2.45) is 0 Å². The first kappa shape index (κ1) is 23.7. The molecule has 1 aliphatic heterocycles. The Morgan fingerprint density at radius 1 is 1.21 bits per heavy atom. The van der Waals surface area contributed by atoms with Gasteiger partial charge in [0.1, 0.15) is 0 Å². The van der Waals surface area contributed by atoms with Gasteiger partial charge in [0.2, 0.25) is 11.8 Å². The topological polar surface area (TPSA) is 91.9 Å². The van der Waals surface area contributed by atoms with E-state index in [0.717, 1.165) is 19.6 Å². The van der Waals surface area contributed by atoms with Crippen LogP contribution in [0.15, 0.2) is 16.5 Å². The second kappa shape index (κ2) is 9.81. The van der Waals surface area contributed by atoms with Crippen LogP contribution in [0.25, 0.3) is 0 Å². The van der Waals surface area contributed by atoms with Gasteiger partial charge in [-0.25, -0.2) is 4.79 Å². The number of amides is 1. The highest BCUT2D eigenvalue weighted by atomic mass is 16.6. The number of aromatic nitrogens is 2. The number of piperazine rings is 1. The summed E-state index contributed by atoms with van der Waals surface area (Å²) >= 11 is 0. The molecule has 1 aliphatic carbocycles. The molecule has 1 aromatic heterocycles. The number of ether oxygens (including phenoxy) is 1. The minimum absolute atomic E-state index is 0.105. The summed E-state index contributed by atoms with van der Waals surface area (Å²) in [6.45, 7) is 13.3. The Labute approximate surface area is 195 Å². The number of hydrogen-bond donors (Lipinski definition) is 1. The van der Waals surface area contributed by atoms with Gasteiger partial charge in [0, 0.05) is 38.1 Å². The van der Waals surface area contributed by atoms with E-state index in [0.29, 0.717) is 37.6 Å². The maximum Gasteiger partial charge on any atom is 0.410 e. The molecule has 4 rings (SSSR count). The standard InChI is InChI=1S/C25H36N4O4/c1-15(2)32-25(31)29-7-6-28(13-17(29)4)14-21-9-16(3)8-19(18(21)5)12-23-26-27-24(33-23)20-10-22(30)11-20/h8-9,15,17,20,22,30H,6-7,10-14H2,1-5H3/t17-,20?,22?/m0/s1. The molecular weight excluding hydrogens is 420 g/mol. The summed E-state index contributed by atoms with van der Waals surface area (Å²) in [5.41, 5.74) is 4.94. The molecule has 1 saturated heterocycles. The van der Waals surface area contributed by atoms with Gasteiger partial charge < -0.3 is 19.2 Å². The van der Waals surface area contributed by atoms with Crippen LogP contribution in [0.1, 0.15) is 73.6 Å². The quantitative estimate of drug-likeness (QED) is 0.710. The van der Waals surface area contributed by atoms with Crippen LogP contribution in [0.2, 0.25) is 0 Å². The number of carbonyl (C=O) groups is 1. The van der Waals surface area contributed by atoms with Gasteiger partial charge >= 0.3 is 6.09 Å². The number of nitrogens with zero attached hydrogens (tertiary/aromatic N) is 4. The van der Waals surface area contributed by atoms with Gasteiger partial charge in [-0.05, 0) is 64.2 Å². The van der Waals surface area contributed by atoms with E-state index in [1.807, 2.05) is 18.7 Å². The van der Waals surface area contributed by atoms with Gasteiger partial charge in [0.25, 0.3) is 0 Å². The van der Waals surface area contributed by atoms with Crippen molar-refractivity contribution < 1.29 is 19.1 Å². The molecule has 1 amide bonds. The van der Waals surface area contributed by atoms with Gasteiger partial charge in [0.15, 0.2) is 0 Å². The monoisotopic (exact) mass is 456 g/mol. The van der Waals surface area contributed by atoms with E-state index < -0.39 is 0 Å². The number of aryl methyl sites for hydroxylation is 1. The maximum absolute atomic E-state index is 12.3. The van der Waals surface area contributed by atoms with Crippen LogP contribution in [-0.2, 0) is 17.7 Å². The van der Waals surface area contributed by atoms with Gasteiger partial charge in [-0.1, -0.05) is 17.7 Å². The summed E-state index contributed by atoms with van der Waals surface area (Å²) in [5, 5.41) is 18.0. The third-order valence-corrected chi connectivity index (χ3v) is 6.73. The highest BCUT2D eigenvalue weighted by Crippen LogP contribution is 2.36. The molecule has 0 spiro atoms. The number of carbonyl (C=O) groups excluding carboxylic acids is 1. The lowest BCUT2D eigenvalue weighted by molar-refractivity contribution is 0.0349. The third kappa shape index (κ3) is 5.55. The fourth-order valence-electron chi connectivity index (χ4n) is 4.78. The molecule has 1 N–H and O–H groups in total. The van der Waals surface area contributed by atoms with Crippen LogP contribution >= 0.6 is 0 Å². The van der Waals surface area contributed by atoms with Crippen molar-refractivity contribution in [1.82, 2.24) is 20.0 Å². The molecular formula is C25H36N4O4. The zero-order valence-electron chi connectivity index (χ0n) is 20.4. The first-order chi connectivity index (χ1) is 15.7. The van der Waals surface area contributed by atoms with E-state index >= 15 is 0 Å². The molecule has 0 bridgehead atoms. The predicted octanol–water partition coefficient (Wildman–Crippen LogP) is 3.57. The third-order valence-electron chi connectivity index (χ3n) is 6.73. The molecule has 0 radical (unpaired) electrons. The highest BCUT2D eigenvalue weighted by molar-refractivity contribution is 5.68. The van der Waals surface area contributed by atoms with Crippen LogP contribution in [0, 0.1) is 13.8 Å². The Hall–Kier alpha value is -2.45. The van der Waals surface area contributed by atoms with E-state index in [4.69, 9.17) is 9.15 Å². The van der Waals surface area contributed by atoms with Crippen LogP contribution in [-0.4, -0.2) is 69.1 Å². The van der Waals surface area contributed by atoms with Crippen LogP contribution < -0.4 is 0 Å². The minimum atomic E-state index is -0.239. The van der Waals surface area contributed by atoms with Gasteiger partial charge in [-0.15, -0.1) is 10.2 Å². The summed E-state index contributed by atoms with van der Waals surface area (Å²) in [6, 6.07) is 4.55. The lowest BCUT2D eigenvalue weighted by Crippen LogP contribution is -2.54. The second-order valence-electron chi connectivity index (χ2n) is 9.95. The van der Waals surface area contributed by atoms with Gasteiger partial charge in [-0.3, -0.25) is 4.90 Å². The SMILES string of the molecule is Cc1cc(Cc2nnc(C3CC(O)C3)o2)c(C)c(CN2CCN(C(=O)OC(C)C)[C@@H](C)C2)c1. The molecule has 33 heavy (non-hydrogen) atoms.